The Hall–Kier alpha value is -1.68. The molecule has 0 fully saturated rings. The van der Waals surface area contributed by atoms with E-state index in [0.29, 0.717) is 11.3 Å². The average Bonchev–Trinajstić information content (AvgIpc) is 3.24. The quantitative estimate of drug-likeness (QED) is 0.551. The fourth-order valence-electron chi connectivity index (χ4n) is 2.44. The maximum Gasteiger partial charge on any atom is 0.272 e. The summed E-state index contributed by atoms with van der Waals surface area (Å²) in [5.41, 5.74) is 0.884. The first-order chi connectivity index (χ1) is 12.9. The molecule has 0 aliphatic rings. The van der Waals surface area contributed by atoms with Crippen LogP contribution >= 0.6 is 34.4 Å². The number of nitrogens with zero attached hydrogens (tertiary/aromatic N) is 2. The summed E-state index contributed by atoms with van der Waals surface area (Å²) in [5.74, 6) is 0.530. The topological polar surface area (TPSA) is 68.5 Å². The number of thioether (sulfide) groups is 1. The molecular formula is C18H18N2O3S4. The third-order valence-corrected chi connectivity index (χ3v) is 7.32. The van der Waals surface area contributed by atoms with Crippen molar-refractivity contribution in [2.24, 2.45) is 4.99 Å². The molecule has 2 heterocycles. The van der Waals surface area contributed by atoms with Crippen LogP contribution < -0.4 is 4.80 Å². The standard InChI is InChI=1S/C18H18N2O3S4/c1-24-11-9-20-15-7-6-14(27(2,22)23)12-16(15)26-18(20)19-17(21)8-5-13-4-3-10-25-13/h3-8,10,12H,9,11H2,1-2H3/b8-5+,19-18?. The molecule has 0 N–H and O–H groups in total. The van der Waals surface area contributed by atoms with Crippen LogP contribution in [0.1, 0.15) is 4.88 Å². The van der Waals surface area contributed by atoms with Gasteiger partial charge >= 0.3 is 0 Å². The Labute approximate surface area is 170 Å². The molecule has 0 atom stereocenters. The second-order valence-corrected chi connectivity index (χ2v) is 10.7. The maximum absolute atomic E-state index is 12.3. The summed E-state index contributed by atoms with van der Waals surface area (Å²) < 4.78 is 26.4. The SMILES string of the molecule is CSCCn1c(=NC(=O)/C=C/c2cccs2)sc2cc(S(C)(=O)=O)ccc21. The Morgan fingerprint density at radius 3 is 2.81 bits per heavy atom. The van der Waals surface area contributed by atoms with Gasteiger partial charge in [0.1, 0.15) is 0 Å². The summed E-state index contributed by atoms with van der Waals surface area (Å²) in [4.78, 5) is 18.4. The van der Waals surface area contributed by atoms with Crippen molar-refractivity contribution in [1.82, 2.24) is 4.57 Å². The number of fused-ring (bicyclic) bond motifs is 1. The zero-order chi connectivity index (χ0) is 19.4. The molecule has 2 aromatic heterocycles. The number of rotatable bonds is 6. The first kappa shape index (κ1) is 20.1. The van der Waals surface area contributed by atoms with E-state index in [-0.39, 0.29) is 10.8 Å². The molecule has 1 amide bonds. The molecule has 142 valence electrons. The lowest BCUT2D eigenvalue weighted by Crippen LogP contribution is -2.17. The van der Waals surface area contributed by atoms with Crippen molar-refractivity contribution in [2.45, 2.75) is 11.4 Å². The van der Waals surface area contributed by atoms with Crippen molar-refractivity contribution in [1.29, 1.82) is 0 Å². The summed E-state index contributed by atoms with van der Waals surface area (Å²) in [6.45, 7) is 0.695. The molecule has 3 aromatic rings. The summed E-state index contributed by atoms with van der Waals surface area (Å²) in [6, 6.07) is 8.89. The predicted octanol–water partition coefficient (Wildman–Crippen LogP) is 3.67. The largest absolute Gasteiger partial charge is 0.316 e. The number of carbonyl (C=O) groups is 1. The number of amides is 1. The lowest BCUT2D eigenvalue weighted by molar-refractivity contribution is -0.113. The minimum Gasteiger partial charge on any atom is -0.316 e. The molecule has 3 rings (SSSR count). The van der Waals surface area contributed by atoms with Gasteiger partial charge in [-0.2, -0.15) is 16.8 Å². The van der Waals surface area contributed by atoms with Crippen molar-refractivity contribution in [3.05, 3.63) is 51.5 Å². The number of aromatic nitrogens is 1. The summed E-state index contributed by atoms with van der Waals surface area (Å²) in [6.07, 6.45) is 6.41. The van der Waals surface area contributed by atoms with Crippen LogP contribution in [0, 0.1) is 0 Å². The average molecular weight is 439 g/mol. The Balaban J connectivity index is 2.05. The van der Waals surface area contributed by atoms with Gasteiger partial charge in [-0.25, -0.2) is 8.42 Å². The zero-order valence-electron chi connectivity index (χ0n) is 14.8. The highest BCUT2D eigenvalue weighted by molar-refractivity contribution is 7.98. The van der Waals surface area contributed by atoms with Gasteiger partial charge in [-0.1, -0.05) is 17.4 Å². The van der Waals surface area contributed by atoms with Crippen molar-refractivity contribution < 1.29 is 13.2 Å². The first-order valence-corrected chi connectivity index (χ1v) is 13.0. The molecule has 0 bridgehead atoms. The number of thiazole rings is 1. The lowest BCUT2D eigenvalue weighted by atomic mass is 10.3. The minimum atomic E-state index is -3.29. The van der Waals surface area contributed by atoms with Crippen LogP contribution in [0.5, 0.6) is 0 Å². The maximum atomic E-state index is 12.3. The summed E-state index contributed by atoms with van der Waals surface area (Å²) in [7, 11) is -3.29. The van der Waals surface area contributed by atoms with Crippen LogP contribution in [-0.2, 0) is 21.2 Å². The summed E-state index contributed by atoms with van der Waals surface area (Å²) in [5, 5.41) is 1.95. The molecule has 0 aliphatic heterocycles. The minimum absolute atomic E-state index is 0.267. The second kappa shape index (κ2) is 8.55. The van der Waals surface area contributed by atoms with Gasteiger partial charge in [0.05, 0.1) is 15.1 Å². The van der Waals surface area contributed by atoms with Crippen molar-refractivity contribution in [3.8, 4) is 0 Å². The third-order valence-electron chi connectivity index (χ3n) is 3.74. The Bertz CT molecular complexity index is 1150. The second-order valence-electron chi connectivity index (χ2n) is 5.73. The van der Waals surface area contributed by atoms with E-state index < -0.39 is 9.84 Å². The van der Waals surface area contributed by atoms with Crippen LogP contribution in [0.2, 0.25) is 0 Å². The van der Waals surface area contributed by atoms with Crippen molar-refractivity contribution in [3.63, 3.8) is 0 Å². The molecule has 0 spiro atoms. The number of sulfone groups is 1. The number of aryl methyl sites for hydroxylation is 1. The zero-order valence-corrected chi connectivity index (χ0v) is 18.1. The molecule has 0 aliphatic carbocycles. The van der Waals surface area contributed by atoms with Gasteiger partial charge < -0.3 is 4.57 Å². The predicted molar refractivity (Wildman–Crippen MR) is 115 cm³/mol. The molecule has 5 nitrogen and oxygen atoms in total. The first-order valence-electron chi connectivity index (χ1n) is 8.01. The van der Waals surface area contributed by atoms with Crippen molar-refractivity contribution >= 4 is 66.5 Å². The van der Waals surface area contributed by atoms with E-state index in [1.54, 1.807) is 47.4 Å². The fourth-order valence-corrected chi connectivity index (χ4v) is 5.24. The molecular weight excluding hydrogens is 420 g/mol. The van der Waals surface area contributed by atoms with E-state index >= 15 is 0 Å². The highest BCUT2D eigenvalue weighted by Crippen LogP contribution is 2.22. The number of thiophene rings is 1. The monoisotopic (exact) mass is 438 g/mol. The number of benzene rings is 1. The van der Waals surface area contributed by atoms with Gasteiger partial charge in [-0.3, -0.25) is 4.79 Å². The number of hydrogen-bond donors (Lipinski definition) is 0. The van der Waals surface area contributed by atoms with E-state index in [2.05, 4.69) is 4.99 Å². The summed E-state index contributed by atoms with van der Waals surface area (Å²) >= 11 is 4.58. The third kappa shape index (κ3) is 4.98. The van der Waals surface area contributed by atoms with Crippen LogP contribution in [0.15, 0.2) is 51.7 Å². The highest BCUT2D eigenvalue weighted by Gasteiger charge is 2.12. The van der Waals surface area contributed by atoms with E-state index in [0.717, 1.165) is 20.8 Å². The van der Waals surface area contributed by atoms with Gasteiger partial charge in [0.2, 0.25) is 0 Å². The van der Waals surface area contributed by atoms with Gasteiger partial charge in [-0.15, -0.1) is 11.3 Å². The van der Waals surface area contributed by atoms with Crippen LogP contribution in [0.25, 0.3) is 16.3 Å². The van der Waals surface area contributed by atoms with E-state index in [9.17, 15) is 13.2 Å². The number of hydrogen-bond acceptors (Lipinski definition) is 6. The van der Waals surface area contributed by atoms with Gasteiger partial charge in [0, 0.05) is 29.5 Å². The molecule has 0 saturated heterocycles. The molecule has 0 saturated carbocycles. The molecule has 1 aromatic carbocycles. The van der Waals surface area contributed by atoms with Gasteiger partial charge in [-0.05, 0) is 42.0 Å². The smallest absolute Gasteiger partial charge is 0.272 e. The Morgan fingerprint density at radius 1 is 1.33 bits per heavy atom. The van der Waals surface area contributed by atoms with Gasteiger partial charge in [0.25, 0.3) is 5.91 Å². The molecule has 0 unspecified atom stereocenters. The lowest BCUT2D eigenvalue weighted by Gasteiger charge is -2.04. The van der Waals surface area contributed by atoms with Gasteiger partial charge in [0.15, 0.2) is 14.6 Å². The van der Waals surface area contributed by atoms with Crippen LogP contribution in [0.3, 0.4) is 0 Å². The van der Waals surface area contributed by atoms with Crippen LogP contribution in [0.4, 0.5) is 0 Å². The molecule has 0 radical (unpaired) electrons. The Morgan fingerprint density at radius 2 is 2.15 bits per heavy atom. The highest BCUT2D eigenvalue weighted by atomic mass is 32.2. The normalized spacial score (nSPS) is 13.0. The van der Waals surface area contributed by atoms with Crippen LogP contribution in [-0.4, -0.2) is 37.2 Å². The van der Waals surface area contributed by atoms with E-state index in [4.69, 9.17) is 0 Å². The Kier molecular flexibility index (Phi) is 6.36. The fraction of sp³-hybridized carbons (Fsp3) is 0.222. The van der Waals surface area contributed by atoms with E-state index in [1.807, 2.05) is 28.3 Å². The number of carbonyl (C=O) groups excluding carboxylic acids is 1. The van der Waals surface area contributed by atoms with E-state index in [1.165, 1.54) is 23.7 Å². The van der Waals surface area contributed by atoms with Crippen molar-refractivity contribution in [2.75, 3.05) is 18.3 Å². The molecule has 27 heavy (non-hydrogen) atoms. The molecule has 9 heteroatoms.